The van der Waals surface area contributed by atoms with Crippen LogP contribution in [0.4, 0.5) is 10.1 Å². The molecule has 0 bridgehead atoms. The lowest BCUT2D eigenvalue weighted by Gasteiger charge is -2.33. The number of aryl methyl sites for hydroxylation is 1. The summed E-state index contributed by atoms with van der Waals surface area (Å²) in [6.45, 7) is 4.67. The molecule has 0 radical (unpaired) electrons. The van der Waals surface area contributed by atoms with Gasteiger partial charge in [0.05, 0.1) is 10.6 Å². The average molecular weight is 595 g/mol. The Hall–Kier alpha value is -3.14. The number of sulfonamides is 1. The number of rotatable bonds is 11. The normalized spacial score (nSPS) is 12.1. The molecule has 0 heterocycles. The Kier molecular flexibility index (Phi) is 10.4. The molecule has 0 aromatic heterocycles. The van der Waals surface area contributed by atoms with Gasteiger partial charge >= 0.3 is 0 Å². The summed E-state index contributed by atoms with van der Waals surface area (Å²) >= 11 is 12.8. The number of benzene rings is 3. The van der Waals surface area contributed by atoms with Gasteiger partial charge in [0.25, 0.3) is 10.0 Å². The molecular weight excluding hydrogens is 564 g/mol. The van der Waals surface area contributed by atoms with Gasteiger partial charge in [-0.3, -0.25) is 13.9 Å². The standard InChI is InChI=1S/C28H30Cl2FN3O4S/c1-4-25(28(36)32-5-2)33(17-21-22(29)9-8-10-23(21)30)27(35)18-34(26-12-7-6-11-24(26)31)39(37,38)20-15-13-19(3)14-16-20/h6-16,25H,4-5,17-18H2,1-3H3,(H,32,36). The molecule has 0 fully saturated rings. The number of anilines is 1. The number of amides is 2. The van der Waals surface area contributed by atoms with Gasteiger partial charge in [-0.1, -0.05) is 66.0 Å². The van der Waals surface area contributed by atoms with Gasteiger partial charge in [0.15, 0.2) is 0 Å². The second-order valence-corrected chi connectivity index (χ2v) is 11.5. The zero-order valence-corrected chi connectivity index (χ0v) is 24.2. The van der Waals surface area contributed by atoms with Crippen LogP contribution >= 0.6 is 23.2 Å². The quantitative estimate of drug-likeness (QED) is 0.314. The first kappa shape index (κ1) is 30.4. The predicted molar refractivity (Wildman–Crippen MR) is 152 cm³/mol. The summed E-state index contributed by atoms with van der Waals surface area (Å²) in [6.07, 6.45) is 0.226. The first-order valence-corrected chi connectivity index (χ1v) is 14.5. The summed E-state index contributed by atoms with van der Waals surface area (Å²) < 4.78 is 43.2. The fourth-order valence-corrected chi connectivity index (χ4v) is 6.01. The summed E-state index contributed by atoms with van der Waals surface area (Å²) in [4.78, 5) is 28.0. The summed E-state index contributed by atoms with van der Waals surface area (Å²) in [6, 6.07) is 15.2. The van der Waals surface area contributed by atoms with Crippen LogP contribution in [-0.4, -0.2) is 44.3 Å². The zero-order chi connectivity index (χ0) is 28.7. The summed E-state index contributed by atoms with van der Waals surface area (Å²) in [5.74, 6) is -1.98. The van der Waals surface area contributed by atoms with Crippen molar-refractivity contribution in [1.29, 1.82) is 0 Å². The van der Waals surface area contributed by atoms with Gasteiger partial charge in [-0.05, 0) is 56.7 Å². The lowest BCUT2D eigenvalue weighted by atomic mass is 10.1. The Bertz CT molecular complexity index is 1410. The zero-order valence-electron chi connectivity index (χ0n) is 21.8. The highest BCUT2D eigenvalue weighted by atomic mass is 35.5. The fraction of sp³-hybridized carbons (Fsp3) is 0.286. The van der Waals surface area contributed by atoms with Crippen LogP contribution in [0, 0.1) is 12.7 Å². The number of carbonyl (C=O) groups is 2. The average Bonchev–Trinajstić information content (AvgIpc) is 2.89. The number of para-hydroxylation sites is 1. The van der Waals surface area contributed by atoms with Crippen LogP contribution in [0.15, 0.2) is 71.6 Å². The Morgan fingerprint density at radius 3 is 2.13 bits per heavy atom. The molecule has 0 saturated carbocycles. The highest BCUT2D eigenvalue weighted by Gasteiger charge is 2.35. The number of carbonyl (C=O) groups excluding carboxylic acids is 2. The number of halogens is 3. The minimum atomic E-state index is -4.38. The molecule has 0 aliphatic heterocycles. The van der Waals surface area contributed by atoms with Gasteiger partial charge in [-0.25, -0.2) is 12.8 Å². The molecule has 0 aliphatic carbocycles. The molecule has 7 nitrogen and oxygen atoms in total. The van der Waals surface area contributed by atoms with Crippen molar-refractivity contribution < 1.29 is 22.4 Å². The smallest absolute Gasteiger partial charge is 0.264 e. The van der Waals surface area contributed by atoms with Gasteiger partial charge in [0, 0.05) is 28.7 Å². The van der Waals surface area contributed by atoms with Crippen LogP contribution in [0.3, 0.4) is 0 Å². The summed E-state index contributed by atoms with van der Waals surface area (Å²) in [7, 11) is -4.38. The van der Waals surface area contributed by atoms with Crippen molar-refractivity contribution in [3.63, 3.8) is 0 Å². The lowest BCUT2D eigenvalue weighted by molar-refractivity contribution is -0.140. The van der Waals surface area contributed by atoms with Crippen LogP contribution in [0.25, 0.3) is 0 Å². The minimum Gasteiger partial charge on any atom is -0.355 e. The van der Waals surface area contributed by atoms with Crippen molar-refractivity contribution in [3.05, 3.63) is 93.7 Å². The van der Waals surface area contributed by atoms with E-state index in [1.54, 1.807) is 51.1 Å². The first-order chi connectivity index (χ1) is 18.5. The van der Waals surface area contributed by atoms with Crippen LogP contribution in [-0.2, 0) is 26.2 Å². The van der Waals surface area contributed by atoms with E-state index in [1.807, 2.05) is 0 Å². The van der Waals surface area contributed by atoms with E-state index in [4.69, 9.17) is 23.2 Å². The molecule has 3 aromatic rings. The second-order valence-electron chi connectivity index (χ2n) is 8.82. The minimum absolute atomic E-state index is 0.111. The molecular formula is C28H30Cl2FN3O4S. The molecule has 3 rings (SSSR count). The van der Waals surface area contributed by atoms with E-state index in [0.717, 1.165) is 15.9 Å². The molecule has 3 aromatic carbocycles. The number of likely N-dealkylation sites (N-methyl/N-ethyl adjacent to an activating group) is 1. The Morgan fingerprint density at radius 2 is 1.56 bits per heavy atom. The maximum Gasteiger partial charge on any atom is 0.264 e. The lowest BCUT2D eigenvalue weighted by Crippen LogP contribution is -2.52. The number of hydrogen-bond donors (Lipinski definition) is 1. The third-order valence-corrected chi connectivity index (χ3v) is 8.62. The van der Waals surface area contributed by atoms with Crippen LogP contribution in [0.5, 0.6) is 0 Å². The monoisotopic (exact) mass is 593 g/mol. The summed E-state index contributed by atoms with van der Waals surface area (Å²) in [5.41, 5.74) is 0.932. The van der Waals surface area contributed by atoms with Crippen molar-refractivity contribution in [1.82, 2.24) is 10.2 Å². The molecule has 1 atom stereocenters. The van der Waals surface area contributed by atoms with E-state index >= 15 is 0 Å². The molecule has 208 valence electrons. The van der Waals surface area contributed by atoms with Crippen molar-refractivity contribution >= 4 is 50.7 Å². The van der Waals surface area contributed by atoms with Crippen LogP contribution < -0.4 is 9.62 Å². The van der Waals surface area contributed by atoms with E-state index in [2.05, 4.69) is 5.32 Å². The Morgan fingerprint density at radius 1 is 0.949 bits per heavy atom. The van der Waals surface area contributed by atoms with E-state index in [-0.39, 0.29) is 33.6 Å². The van der Waals surface area contributed by atoms with Crippen molar-refractivity contribution in [2.75, 3.05) is 17.4 Å². The third-order valence-electron chi connectivity index (χ3n) is 6.14. The van der Waals surface area contributed by atoms with E-state index < -0.39 is 40.2 Å². The van der Waals surface area contributed by atoms with E-state index in [9.17, 15) is 22.4 Å². The topological polar surface area (TPSA) is 86.8 Å². The summed E-state index contributed by atoms with van der Waals surface area (Å²) in [5, 5.41) is 3.28. The van der Waals surface area contributed by atoms with Gasteiger partial charge in [0.1, 0.15) is 18.4 Å². The third kappa shape index (κ3) is 7.09. The SMILES string of the molecule is CCNC(=O)C(CC)N(Cc1c(Cl)cccc1Cl)C(=O)CN(c1ccccc1F)S(=O)(=O)c1ccc(C)cc1. The van der Waals surface area contributed by atoms with Gasteiger partial charge in [-0.2, -0.15) is 0 Å². The molecule has 0 saturated heterocycles. The fourth-order valence-electron chi connectivity index (χ4n) is 4.07. The van der Waals surface area contributed by atoms with Crippen molar-refractivity contribution in [2.24, 2.45) is 0 Å². The Balaban J connectivity index is 2.11. The molecule has 0 aliphatic rings. The van der Waals surface area contributed by atoms with E-state index in [1.165, 1.54) is 35.2 Å². The molecule has 1 N–H and O–H groups in total. The molecule has 0 spiro atoms. The molecule has 1 unspecified atom stereocenters. The van der Waals surface area contributed by atoms with Crippen molar-refractivity contribution in [3.8, 4) is 0 Å². The van der Waals surface area contributed by atoms with Crippen LogP contribution in [0.1, 0.15) is 31.4 Å². The molecule has 11 heteroatoms. The maximum atomic E-state index is 15.0. The maximum absolute atomic E-state index is 15.0. The van der Waals surface area contributed by atoms with Crippen molar-refractivity contribution in [2.45, 2.75) is 44.7 Å². The number of nitrogens with one attached hydrogen (secondary N) is 1. The van der Waals surface area contributed by atoms with E-state index in [0.29, 0.717) is 12.1 Å². The molecule has 39 heavy (non-hydrogen) atoms. The predicted octanol–water partition coefficient (Wildman–Crippen LogP) is 5.58. The number of hydrogen-bond acceptors (Lipinski definition) is 4. The second kappa shape index (κ2) is 13.3. The Labute approximate surface area is 238 Å². The molecule has 2 amide bonds. The van der Waals surface area contributed by atoms with Gasteiger partial charge in [0.2, 0.25) is 11.8 Å². The highest BCUT2D eigenvalue weighted by molar-refractivity contribution is 7.92. The largest absolute Gasteiger partial charge is 0.355 e. The van der Waals surface area contributed by atoms with Gasteiger partial charge in [-0.15, -0.1) is 0 Å². The van der Waals surface area contributed by atoms with Crippen LogP contribution in [0.2, 0.25) is 10.0 Å². The first-order valence-electron chi connectivity index (χ1n) is 12.3. The highest BCUT2D eigenvalue weighted by Crippen LogP contribution is 2.29. The number of nitrogens with zero attached hydrogens (tertiary/aromatic N) is 2. The van der Waals surface area contributed by atoms with Gasteiger partial charge < -0.3 is 10.2 Å².